The Hall–Kier alpha value is -1.56. The van der Waals surface area contributed by atoms with Gasteiger partial charge in [-0.05, 0) is 24.8 Å². The lowest BCUT2D eigenvalue weighted by atomic mass is 9.93. The summed E-state index contributed by atoms with van der Waals surface area (Å²) in [7, 11) is 1.64. The van der Waals surface area contributed by atoms with Crippen molar-refractivity contribution in [1.29, 1.82) is 0 Å². The van der Waals surface area contributed by atoms with Crippen LogP contribution < -0.4 is 5.32 Å². The van der Waals surface area contributed by atoms with E-state index in [1.54, 1.807) is 25.9 Å². The molecule has 0 aromatic rings. The summed E-state index contributed by atoms with van der Waals surface area (Å²) < 4.78 is 5.06. The van der Waals surface area contributed by atoms with Crippen molar-refractivity contribution in [2.45, 2.75) is 38.6 Å². The molecule has 1 rings (SSSR count). The van der Waals surface area contributed by atoms with E-state index in [0.29, 0.717) is 32.5 Å². The molecule has 1 heterocycles. The first kappa shape index (κ1) is 16.5. The van der Waals surface area contributed by atoms with E-state index in [-0.39, 0.29) is 6.03 Å². The maximum atomic E-state index is 12.2. The number of hydrogen-bond acceptors (Lipinski definition) is 3. The number of nitrogens with one attached hydrogen (secondary N) is 1. The molecule has 1 aliphatic heterocycles. The summed E-state index contributed by atoms with van der Waals surface area (Å²) in [6.45, 7) is 5.20. The standard InChI is InChI=1S/C14H24N2O4/c1-4-14(5-2,12(17)18)15-13(19)16-8-6-11(7-9-16)10-20-3/h6H,4-5,7-10H2,1-3H3,(H,15,19)(H,17,18). The molecule has 6 nitrogen and oxygen atoms in total. The molecule has 0 bridgehead atoms. The zero-order valence-corrected chi connectivity index (χ0v) is 12.4. The van der Waals surface area contributed by atoms with E-state index in [9.17, 15) is 14.7 Å². The van der Waals surface area contributed by atoms with Gasteiger partial charge in [-0.3, -0.25) is 0 Å². The number of carboxylic acids is 1. The first-order chi connectivity index (χ1) is 9.49. The van der Waals surface area contributed by atoms with E-state index in [4.69, 9.17) is 4.74 Å². The number of rotatable bonds is 6. The molecule has 0 aromatic carbocycles. The molecule has 2 N–H and O–H groups in total. The molecular formula is C14H24N2O4. The second-order valence-electron chi connectivity index (χ2n) is 5.02. The van der Waals surface area contributed by atoms with Crippen LogP contribution in [0.4, 0.5) is 4.79 Å². The largest absolute Gasteiger partial charge is 0.480 e. The first-order valence-electron chi connectivity index (χ1n) is 6.96. The SMILES string of the molecule is CCC(CC)(NC(=O)N1CC=C(COC)CC1)C(=O)O. The molecule has 0 saturated carbocycles. The Labute approximate surface area is 119 Å². The number of aliphatic carboxylic acids is 1. The second kappa shape index (κ2) is 7.28. The zero-order chi connectivity index (χ0) is 15.2. The third-order valence-electron chi connectivity index (χ3n) is 3.88. The van der Waals surface area contributed by atoms with Crippen LogP contribution in [0.2, 0.25) is 0 Å². The minimum atomic E-state index is -1.17. The molecule has 20 heavy (non-hydrogen) atoms. The van der Waals surface area contributed by atoms with Crippen molar-refractivity contribution in [2.24, 2.45) is 0 Å². The van der Waals surface area contributed by atoms with Gasteiger partial charge in [-0.25, -0.2) is 9.59 Å². The summed E-state index contributed by atoms with van der Waals surface area (Å²) in [5.74, 6) is -0.983. The van der Waals surface area contributed by atoms with Gasteiger partial charge in [-0.2, -0.15) is 0 Å². The van der Waals surface area contributed by atoms with Crippen LogP contribution in [0.3, 0.4) is 0 Å². The quantitative estimate of drug-likeness (QED) is 0.726. The molecule has 0 unspecified atom stereocenters. The number of carboxylic acid groups (broad SMARTS) is 1. The van der Waals surface area contributed by atoms with E-state index >= 15 is 0 Å². The highest BCUT2D eigenvalue weighted by molar-refractivity contribution is 5.86. The Morgan fingerprint density at radius 1 is 1.45 bits per heavy atom. The van der Waals surface area contributed by atoms with Gasteiger partial charge in [0.1, 0.15) is 5.54 Å². The van der Waals surface area contributed by atoms with Crippen LogP contribution in [0.1, 0.15) is 33.1 Å². The summed E-state index contributed by atoms with van der Waals surface area (Å²) in [4.78, 5) is 25.2. The van der Waals surface area contributed by atoms with Crippen molar-refractivity contribution in [3.8, 4) is 0 Å². The van der Waals surface area contributed by atoms with Gasteiger partial charge in [0, 0.05) is 20.2 Å². The topological polar surface area (TPSA) is 78.9 Å². The smallest absolute Gasteiger partial charge is 0.329 e. The van der Waals surface area contributed by atoms with Crippen molar-refractivity contribution < 1.29 is 19.4 Å². The van der Waals surface area contributed by atoms with E-state index in [1.807, 2.05) is 6.08 Å². The highest BCUT2D eigenvalue weighted by Gasteiger charge is 2.37. The summed E-state index contributed by atoms with van der Waals surface area (Å²) in [5.41, 5.74) is 0.000165. The number of ether oxygens (including phenoxy) is 1. The average molecular weight is 284 g/mol. The predicted molar refractivity (Wildman–Crippen MR) is 75.6 cm³/mol. The molecule has 1 aliphatic rings. The Kier molecular flexibility index (Phi) is 6.01. The van der Waals surface area contributed by atoms with Gasteiger partial charge >= 0.3 is 12.0 Å². The summed E-state index contributed by atoms with van der Waals surface area (Å²) in [5, 5.41) is 12.0. The monoisotopic (exact) mass is 284 g/mol. The van der Waals surface area contributed by atoms with Crippen molar-refractivity contribution >= 4 is 12.0 Å². The van der Waals surface area contributed by atoms with Gasteiger partial charge in [-0.1, -0.05) is 19.9 Å². The van der Waals surface area contributed by atoms with Gasteiger partial charge < -0.3 is 20.1 Å². The molecule has 0 aromatic heterocycles. The Balaban J connectivity index is 2.66. The van der Waals surface area contributed by atoms with Gasteiger partial charge in [0.05, 0.1) is 6.61 Å². The minimum Gasteiger partial charge on any atom is -0.480 e. The van der Waals surface area contributed by atoms with Gasteiger partial charge in [0.15, 0.2) is 0 Å². The van der Waals surface area contributed by atoms with E-state index < -0.39 is 11.5 Å². The number of carbonyl (C=O) groups is 2. The zero-order valence-electron chi connectivity index (χ0n) is 12.4. The maximum Gasteiger partial charge on any atom is 0.329 e. The van der Waals surface area contributed by atoms with Crippen LogP contribution in [0.15, 0.2) is 11.6 Å². The Morgan fingerprint density at radius 2 is 2.10 bits per heavy atom. The highest BCUT2D eigenvalue weighted by atomic mass is 16.5. The number of amides is 2. The van der Waals surface area contributed by atoms with Crippen LogP contribution in [0, 0.1) is 0 Å². The van der Waals surface area contributed by atoms with E-state index in [1.165, 1.54) is 5.57 Å². The molecule has 0 spiro atoms. The number of carbonyl (C=O) groups excluding carboxylic acids is 1. The molecule has 114 valence electrons. The number of nitrogens with zero attached hydrogens (tertiary/aromatic N) is 1. The third-order valence-corrected chi connectivity index (χ3v) is 3.88. The predicted octanol–water partition coefficient (Wildman–Crippen LogP) is 1.62. The van der Waals surface area contributed by atoms with Crippen LogP contribution in [-0.4, -0.2) is 54.4 Å². The highest BCUT2D eigenvalue weighted by Crippen LogP contribution is 2.17. The fourth-order valence-electron chi connectivity index (χ4n) is 2.28. The lowest BCUT2D eigenvalue weighted by Gasteiger charge is -2.33. The third kappa shape index (κ3) is 3.72. The fourth-order valence-corrected chi connectivity index (χ4v) is 2.28. The summed E-state index contributed by atoms with van der Waals surface area (Å²) in [6, 6.07) is -0.316. The molecule has 0 saturated heterocycles. The van der Waals surface area contributed by atoms with Crippen molar-refractivity contribution in [3.63, 3.8) is 0 Å². The van der Waals surface area contributed by atoms with Crippen LogP contribution in [0.25, 0.3) is 0 Å². The molecule has 6 heteroatoms. The Bertz CT molecular complexity index is 389. The number of methoxy groups -OCH3 is 1. The van der Waals surface area contributed by atoms with Crippen LogP contribution >= 0.6 is 0 Å². The average Bonchev–Trinajstić information content (AvgIpc) is 2.45. The van der Waals surface area contributed by atoms with Crippen molar-refractivity contribution in [2.75, 3.05) is 26.8 Å². The van der Waals surface area contributed by atoms with Crippen LogP contribution in [-0.2, 0) is 9.53 Å². The molecule has 0 radical (unpaired) electrons. The number of hydrogen-bond donors (Lipinski definition) is 2. The van der Waals surface area contributed by atoms with Crippen molar-refractivity contribution in [1.82, 2.24) is 10.2 Å². The molecule has 0 fully saturated rings. The van der Waals surface area contributed by atoms with Gasteiger partial charge in [-0.15, -0.1) is 0 Å². The summed E-state index contributed by atoms with van der Waals surface area (Å²) >= 11 is 0. The first-order valence-corrected chi connectivity index (χ1v) is 6.96. The van der Waals surface area contributed by atoms with E-state index in [0.717, 1.165) is 6.42 Å². The van der Waals surface area contributed by atoms with Gasteiger partial charge in [0.25, 0.3) is 0 Å². The number of urea groups is 1. The molecule has 0 atom stereocenters. The summed E-state index contributed by atoms with van der Waals surface area (Å²) in [6.07, 6.45) is 3.46. The van der Waals surface area contributed by atoms with Crippen LogP contribution in [0.5, 0.6) is 0 Å². The second-order valence-corrected chi connectivity index (χ2v) is 5.02. The maximum absolute atomic E-state index is 12.2. The van der Waals surface area contributed by atoms with Gasteiger partial charge in [0.2, 0.25) is 0 Å². The lowest BCUT2D eigenvalue weighted by molar-refractivity contribution is -0.144. The molecular weight excluding hydrogens is 260 g/mol. The minimum absolute atomic E-state index is 0.316. The normalized spacial score (nSPS) is 15.8. The fraction of sp³-hybridized carbons (Fsp3) is 0.714. The molecule has 0 aliphatic carbocycles. The van der Waals surface area contributed by atoms with Crippen molar-refractivity contribution in [3.05, 3.63) is 11.6 Å². The van der Waals surface area contributed by atoms with E-state index in [2.05, 4.69) is 5.32 Å². The molecule has 2 amide bonds. The lowest BCUT2D eigenvalue weighted by Crippen LogP contribution is -2.57. The Morgan fingerprint density at radius 3 is 2.50 bits per heavy atom.